The normalized spacial score (nSPS) is 14.6. The van der Waals surface area contributed by atoms with Crippen LogP contribution in [0.2, 0.25) is 5.02 Å². The van der Waals surface area contributed by atoms with Crippen LogP contribution in [0.25, 0.3) is 11.1 Å². The maximum absolute atomic E-state index is 6.45. The van der Waals surface area contributed by atoms with E-state index in [2.05, 4.69) is 31.7 Å². The molecule has 1 fully saturated rings. The summed E-state index contributed by atoms with van der Waals surface area (Å²) in [5, 5.41) is 7.59. The number of hydrogen-bond acceptors (Lipinski definition) is 5. The lowest BCUT2D eigenvalue weighted by Crippen LogP contribution is -2.22. The predicted octanol–water partition coefficient (Wildman–Crippen LogP) is 5.55. The molecule has 0 bridgehead atoms. The molecule has 1 aliphatic rings. The molecule has 0 saturated heterocycles. The SMILES string of the molecule is Clc1cnc(NC2CCCCC2)cc1-c1cncc(NCc2cccnc2)c1. The highest BCUT2D eigenvalue weighted by molar-refractivity contribution is 6.33. The molecule has 0 aromatic carbocycles. The summed E-state index contributed by atoms with van der Waals surface area (Å²) >= 11 is 6.45. The molecule has 1 saturated carbocycles. The minimum absolute atomic E-state index is 0.501. The molecule has 1 aliphatic carbocycles. The van der Waals surface area contributed by atoms with E-state index >= 15 is 0 Å². The second kappa shape index (κ2) is 9.02. The zero-order valence-corrected chi connectivity index (χ0v) is 16.5. The maximum atomic E-state index is 6.45. The van der Waals surface area contributed by atoms with Crippen LogP contribution in [0.5, 0.6) is 0 Å². The molecule has 0 spiro atoms. The lowest BCUT2D eigenvalue weighted by Gasteiger charge is -2.23. The average Bonchev–Trinajstić information content (AvgIpc) is 2.75. The summed E-state index contributed by atoms with van der Waals surface area (Å²) in [5.41, 5.74) is 3.97. The second-order valence-corrected chi connectivity index (χ2v) is 7.61. The summed E-state index contributed by atoms with van der Waals surface area (Å²) in [6, 6.07) is 8.57. The number of hydrogen-bond donors (Lipinski definition) is 2. The third-order valence-corrected chi connectivity index (χ3v) is 5.38. The summed E-state index contributed by atoms with van der Waals surface area (Å²) < 4.78 is 0. The van der Waals surface area contributed by atoms with Crippen LogP contribution in [0.3, 0.4) is 0 Å². The Hall–Kier alpha value is -2.66. The number of nitrogens with zero attached hydrogens (tertiary/aromatic N) is 3. The fourth-order valence-electron chi connectivity index (χ4n) is 3.59. The highest BCUT2D eigenvalue weighted by Crippen LogP contribution is 2.31. The van der Waals surface area contributed by atoms with Crippen molar-refractivity contribution in [3.05, 3.63) is 65.8 Å². The van der Waals surface area contributed by atoms with Gasteiger partial charge in [-0.15, -0.1) is 0 Å². The molecular weight excluding hydrogens is 370 g/mol. The van der Waals surface area contributed by atoms with Gasteiger partial charge in [-0.05, 0) is 36.6 Å². The molecule has 28 heavy (non-hydrogen) atoms. The van der Waals surface area contributed by atoms with E-state index < -0.39 is 0 Å². The maximum Gasteiger partial charge on any atom is 0.126 e. The van der Waals surface area contributed by atoms with Gasteiger partial charge in [0.25, 0.3) is 0 Å². The number of aromatic nitrogens is 3. The van der Waals surface area contributed by atoms with E-state index in [4.69, 9.17) is 11.6 Å². The van der Waals surface area contributed by atoms with Crippen LogP contribution >= 0.6 is 11.6 Å². The van der Waals surface area contributed by atoms with Crippen molar-refractivity contribution >= 4 is 23.1 Å². The summed E-state index contributed by atoms with van der Waals surface area (Å²) in [6.07, 6.45) is 15.3. The number of anilines is 2. The molecule has 2 N–H and O–H groups in total. The molecule has 4 rings (SSSR count). The summed E-state index contributed by atoms with van der Waals surface area (Å²) in [6.45, 7) is 0.692. The molecule has 144 valence electrons. The van der Waals surface area contributed by atoms with Crippen LogP contribution < -0.4 is 10.6 Å². The molecule has 0 unspecified atom stereocenters. The first-order valence-corrected chi connectivity index (χ1v) is 10.2. The fraction of sp³-hybridized carbons (Fsp3) is 0.318. The van der Waals surface area contributed by atoms with Crippen LogP contribution in [0.15, 0.2) is 55.2 Å². The first kappa shape index (κ1) is 18.7. The number of halogens is 1. The van der Waals surface area contributed by atoms with E-state index in [-0.39, 0.29) is 0 Å². The first-order chi connectivity index (χ1) is 13.8. The zero-order valence-electron chi connectivity index (χ0n) is 15.7. The number of pyridine rings is 3. The van der Waals surface area contributed by atoms with Gasteiger partial charge in [0.1, 0.15) is 5.82 Å². The van der Waals surface area contributed by atoms with Gasteiger partial charge in [-0.1, -0.05) is 36.9 Å². The quantitative estimate of drug-likeness (QED) is 0.575. The van der Waals surface area contributed by atoms with Crippen molar-refractivity contribution in [2.75, 3.05) is 10.6 Å². The summed E-state index contributed by atoms with van der Waals surface area (Å²) in [7, 11) is 0. The third kappa shape index (κ3) is 4.78. The molecule has 6 heteroatoms. The lowest BCUT2D eigenvalue weighted by molar-refractivity contribution is 0.462. The van der Waals surface area contributed by atoms with Gasteiger partial charge in [-0.2, -0.15) is 0 Å². The van der Waals surface area contributed by atoms with E-state index in [1.807, 2.05) is 36.8 Å². The smallest absolute Gasteiger partial charge is 0.126 e. The van der Waals surface area contributed by atoms with Crippen molar-refractivity contribution in [3.8, 4) is 11.1 Å². The fourth-order valence-corrected chi connectivity index (χ4v) is 3.80. The van der Waals surface area contributed by atoms with Gasteiger partial charge < -0.3 is 10.6 Å². The molecule has 3 aromatic heterocycles. The molecule has 5 nitrogen and oxygen atoms in total. The Labute approximate surface area is 170 Å². The Morgan fingerprint density at radius 2 is 1.89 bits per heavy atom. The molecule has 0 atom stereocenters. The van der Waals surface area contributed by atoms with E-state index in [9.17, 15) is 0 Å². The van der Waals surface area contributed by atoms with Gasteiger partial charge >= 0.3 is 0 Å². The van der Waals surface area contributed by atoms with E-state index in [0.29, 0.717) is 17.6 Å². The van der Waals surface area contributed by atoms with Crippen molar-refractivity contribution in [2.45, 2.75) is 44.7 Å². The van der Waals surface area contributed by atoms with E-state index in [1.54, 1.807) is 12.4 Å². The molecule has 3 heterocycles. The molecule has 3 aromatic rings. The molecule has 0 aliphatic heterocycles. The second-order valence-electron chi connectivity index (χ2n) is 7.21. The average molecular weight is 394 g/mol. The van der Waals surface area contributed by atoms with Gasteiger partial charge in [0, 0.05) is 54.7 Å². The number of rotatable bonds is 6. The monoisotopic (exact) mass is 393 g/mol. The topological polar surface area (TPSA) is 62.7 Å². The predicted molar refractivity (Wildman–Crippen MR) is 115 cm³/mol. The van der Waals surface area contributed by atoms with E-state index in [0.717, 1.165) is 28.2 Å². The van der Waals surface area contributed by atoms with Crippen molar-refractivity contribution in [1.29, 1.82) is 0 Å². The molecule has 0 amide bonds. The first-order valence-electron chi connectivity index (χ1n) is 9.78. The van der Waals surface area contributed by atoms with Crippen LogP contribution in [0.4, 0.5) is 11.5 Å². The minimum atomic E-state index is 0.501. The van der Waals surface area contributed by atoms with Crippen molar-refractivity contribution in [1.82, 2.24) is 15.0 Å². The van der Waals surface area contributed by atoms with E-state index in [1.165, 1.54) is 32.1 Å². The van der Waals surface area contributed by atoms with Crippen LogP contribution in [0.1, 0.15) is 37.7 Å². The molecule has 0 radical (unpaired) electrons. The van der Waals surface area contributed by atoms with Gasteiger partial charge in [-0.3, -0.25) is 9.97 Å². The van der Waals surface area contributed by atoms with Crippen LogP contribution in [-0.4, -0.2) is 21.0 Å². The largest absolute Gasteiger partial charge is 0.380 e. The van der Waals surface area contributed by atoms with Crippen molar-refractivity contribution in [2.24, 2.45) is 0 Å². The van der Waals surface area contributed by atoms with Crippen molar-refractivity contribution in [3.63, 3.8) is 0 Å². The Bertz CT molecular complexity index is 910. The Balaban J connectivity index is 1.50. The van der Waals surface area contributed by atoms with Crippen LogP contribution in [0, 0.1) is 0 Å². The standard InChI is InChI=1S/C22H24ClN5/c23-21-15-27-22(28-18-6-2-1-3-7-18)10-20(21)17-9-19(14-25-13-17)26-12-16-5-4-8-24-11-16/h4-5,8-11,13-15,18,26H,1-3,6-7,12H2,(H,27,28). The Kier molecular flexibility index (Phi) is 6.02. The highest BCUT2D eigenvalue weighted by atomic mass is 35.5. The minimum Gasteiger partial charge on any atom is -0.380 e. The third-order valence-electron chi connectivity index (χ3n) is 5.08. The van der Waals surface area contributed by atoms with Gasteiger partial charge in [0.05, 0.1) is 10.7 Å². The van der Waals surface area contributed by atoms with Crippen molar-refractivity contribution < 1.29 is 0 Å². The van der Waals surface area contributed by atoms with Crippen LogP contribution in [-0.2, 0) is 6.54 Å². The Morgan fingerprint density at radius 3 is 2.71 bits per heavy atom. The summed E-state index contributed by atoms with van der Waals surface area (Å²) in [4.78, 5) is 13.0. The summed E-state index contributed by atoms with van der Waals surface area (Å²) in [5.74, 6) is 0.875. The van der Waals surface area contributed by atoms with Gasteiger partial charge in [-0.25, -0.2) is 4.98 Å². The lowest BCUT2D eigenvalue weighted by atomic mass is 9.95. The van der Waals surface area contributed by atoms with Gasteiger partial charge in [0.15, 0.2) is 0 Å². The Morgan fingerprint density at radius 1 is 1.00 bits per heavy atom. The highest BCUT2D eigenvalue weighted by Gasteiger charge is 2.15. The number of nitrogens with one attached hydrogen (secondary N) is 2. The zero-order chi connectivity index (χ0) is 19.2. The van der Waals surface area contributed by atoms with Gasteiger partial charge in [0.2, 0.25) is 0 Å². The molecular formula is C22H24ClN5.